The maximum atomic E-state index is 14.1. The fraction of sp³-hybridized carbons (Fsp3) is 1.00. The Bertz CT molecular complexity index is 882. The van der Waals surface area contributed by atoms with Gasteiger partial charge in [0, 0.05) is 11.8 Å². The summed E-state index contributed by atoms with van der Waals surface area (Å²) in [6.07, 6.45) is -37.9. The molecule has 36 heavy (non-hydrogen) atoms. The lowest BCUT2D eigenvalue weighted by molar-refractivity contribution is -0.465. The van der Waals surface area contributed by atoms with Gasteiger partial charge in [0.05, 0.1) is 0 Å². The highest BCUT2D eigenvalue weighted by atomic mass is 32.2. The molecule has 0 amide bonds. The minimum atomic E-state index is -7.21. The zero-order valence-corrected chi connectivity index (χ0v) is 17.4. The molecule has 1 rings (SSSR count). The van der Waals surface area contributed by atoms with Crippen LogP contribution in [0.5, 0.6) is 0 Å². The Balaban J connectivity index is 3.07. The quantitative estimate of drug-likeness (QED) is 0.227. The van der Waals surface area contributed by atoms with Gasteiger partial charge in [-0.2, -0.15) is 69.9 Å². The zero-order chi connectivity index (χ0) is 29.0. The van der Waals surface area contributed by atoms with Crippen LogP contribution in [-0.4, -0.2) is 60.9 Å². The van der Waals surface area contributed by atoms with Gasteiger partial charge in [-0.25, -0.2) is 18.3 Å². The SMILES string of the molecule is O=S(=O)(O)C(F)(F)C(F)(F)OC(F)(F)C(F)(F)C1CCC(C(F)(F)C(F)(F)OC(F)(F)C(F)F)CC1. The first kappa shape index (κ1) is 32.7. The molecule has 22 heteroatoms. The van der Waals surface area contributed by atoms with Gasteiger partial charge in [0.15, 0.2) is 0 Å². The van der Waals surface area contributed by atoms with E-state index in [2.05, 4.69) is 4.74 Å². The van der Waals surface area contributed by atoms with Crippen LogP contribution in [0.2, 0.25) is 0 Å². The Kier molecular flexibility index (Phi) is 8.61. The van der Waals surface area contributed by atoms with Gasteiger partial charge in [-0.05, 0) is 25.7 Å². The monoisotopic (exact) mass is 596 g/mol. The van der Waals surface area contributed by atoms with Crippen molar-refractivity contribution >= 4 is 10.1 Å². The molecule has 1 aliphatic carbocycles. The van der Waals surface area contributed by atoms with Gasteiger partial charge in [0.1, 0.15) is 0 Å². The molecular formula is C14H12F16O5S. The van der Waals surface area contributed by atoms with E-state index in [4.69, 9.17) is 4.55 Å². The first-order valence-corrected chi connectivity index (χ1v) is 10.3. The summed E-state index contributed by atoms with van der Waals surface area (Å²) in [7, 11) is -7.21. The lowest BCUT2D eigenvalue weighted by atomic mass is 9.76. The lowest BCUT2D eigenvalue weighted by Gasteiger charge is -2.41. The first-order chi connectivity index (χ1) is 15.6. The molecule has 0 aliphatic heterocycles. The molecule has 0 saturated heterocycles. The van der Waals surface area contributed by atoms with Crippen molar-refractivity contribution in [2.75, 3.05) is 0 Å². The molecule has 0 radical (unpaired) electrons. The Morgan fingerprint density at radius 3 is 1.19 bits per heavy atom. The molecule has 0 heterocycles. The number of ether oxygens (including phenoxy) is 2. The van der Waals surface area contributed by atoms with E-state index in [1.54, 1.807) is 0 Å². The normalized spacial score (nSPS) is 22.3. The topological polar surface area (TPSA) is 72.8 Å². The van der Waals surface area contributed by atoms with Crippen LogP contribution >= 0.6 is 0 Å². The summed E-state index contributed by atoms with van der Waals surface area (Å²) >= 11 is 0. The summed E-state index contributed by atoms with van der Waals surface area (Å²) in [5, 5.41) is -6.88. The van der Waals surface area contributed by atoms with Crippen molar-refractivity contribution in [1.82, 2.24) is 0 Å². The fourth-order valence-electron chi connectivity index (χ4n) is 3.02. The molecule has 5 nitrogen and oxygen atoms in total. The second-order valence-electron chi connectivity index (χ2n) is 7.40. The van der Waals surface area contributed by atoms with Gasteiger partial charge in [-0.15, -0.1) is 0 Å². The van der Waals surface area contributed by atoms with Crippen LogP contribution < -0.4 is 0 Å². The third-order valence-corrected chi connectivity index (χ3v) is 5.85. The van der Waals surface area contributed by atoms with E-state index in [9.17, 15) is 78.7 Å². The molecule has 1 saturated carbocycles. The van der Waals surface area contributed by atoms with E-state index in [1.807, 2.05) is 4.74 Å². The Morgan fingerprint density at radius 1 is 0.611 bits per heavy atom. The van der Waals surface area contributed by atoms with Crippen molar-refractivity contribution in [1.29, 1.82) is 0 Å². The maximum Gasteiger partial charge on any atom is 0.460 e. The predicted octanol–water partition coefficient (Wildman–Crippen LogP) is 6.21. The third kappa shape index (κ3) is 5.89. The molecular weight excluding hydrogens is 584 g/mol. The fourth-order valence-corrected chi connectivity index (χ4v) is 3.36. The minimum Gasteiger partial charge on any atom is -0.281 e. The Hall–Kier alpha value is -1.29. The molecule has 0 aromatic rings. The Morgan fingerprint density at radius 2 is 0.917 bits per heavy atom. The van der Waals surface area contributed by atoms with Crippen LogP contribution in [0, 0.1) is 11.8 Å². The molecule has 0 bridgehead atoms. The van der Waals surface area contributed by atoms with E-state index in [-0.39, 0.29) is 0 Å². The first-order valence-electron chi connectivity index (χ1n) is 8.87. The van der Waals surface area contributed by atoms with Crippen LogP contribution in [0.1, 0.15) is 25.7 Å². The van der Waals surface area contributed by atoms with Crippen LogP contribution in [0.15, 0.2) is 0 Å². The Labute approximate surface area is 189 Å². The largest absolute Gasteiger partial charge is 0.460 e. The van der Waals surface area contributed by atoms with Gasteiger partial charge in [0.25, 0.3) is 0 Å². The summed E-state index contributed by atoms with van der Waals surface area (Å²) in [5.74, 6) is -17.8. The number of hydrogen-bond acceptors (Lipinski definition) is 4. The molecule has 0 aromatic heterocycles. The van der Waals surface area contributed by atoms with Crippen molar-refractivity contribution in [2.45, 2.75) is 73.6 Å². The average molecular weight is 596 g/mol. The molecule has 0 aromatic carbocycles. The standard InChI is InChI=1S/C14H12F16O5S/c15-7(16)10(21,22)34-11(23,24)8(17,18)5-1-3-6(4-2-5)9(19,20)12(25,26)35-13(27,28)14(29,30)36(31,32)33/h5-7H,1-4H2,(H,31,32,33). The summed E-state index contributed by atoms with van der Waals surface area (Å²) in [6.45, 7) is 0. The van der Waals surface area contributed by atoms with E-state index in [0.29, 0.717) is 0 Å². The third-order valence-electron chi connectivity index (χ3n) is 4.97. The number of hydrogen-bond donors (Lipinski definition) is 1. The second-order valence-corrected chi connectivity index (χ2v) is 8.87. The molecule has 216 valence electrons. The van der Waals surface area contributed by atoms with E-state index in [0.717, 1.165) is 0 Å². The average Bonchev–Trinajstić information content (AvgIpc) is 2.65. The minimum absolute atomic E-state index is 1.68. The molecule has 0 spiro atoms. The van der Waals surface area contributed by atoms with Crippen molar-refractivity contribution in [2.24, 2.45) is 11.8 Å². The van der Waals surface area contributed by atoms with Crippen LogP contribution in [0.4, 0.5) is 70.2 Å². The van der Waals surface area contributed by atoms with Crippen molar-refractivity contribution in [3.8, 4) is 0 Å². The van der Waals surface area contributed by atoms with Crippen molar-refractivity contribution < 1.29 is 92.7 Å². The zero-order valence-electron chi connectivity index (χ0n) is 16.6. The van der Waals surface area contributed by atoms with E-state index >= 15 is 0 Å². The molecule has 1 fully saturated rings. The summed E-state index contributed by atoms with van der Waals surface area (Å²) in [4.78, 5) is 0. The maximum absolute atomic E-state index is 14.1. The van der Waals surface area contributed by atoms with E-state index in [1.165, 1.54) is 0 Å². The van der Waals surface area contributed by atoms with Crippen LogP contribution in [0.25, 0.3) is 0 Å². The number of rotatable bonds is 11. The van der Waals surface area contributed by atoms with Gasteiger partial charge in [-0.1, -0.05) is 0 Å². The van der Waals surface area contributed by atoms with E-state index < -0.39 is 95.6 Å². The molecule has 1 N–H and O–H groups in total. The van der Waals surface area contributed by atoms with Gasteiger partial charge >= 0.3 is 58.1 Å². The second kappa shape index (κ2) is 9.47. The number of halogens is 16. The number of alkyl halides is 16. The molecule has 0 atom stereocenters. The highest BCUT2D eigenvalue weighted by Crippen LogP contribution is 2.55. The smallest absolute Gasteiger partial charge is 0.281 e. The summed E-state index contributed by atoms with van der Waals surface area (Å²) in [5.41, 5.74) is 0. The predicted molar refractivity (Wildman–Crippen MR) is 79.8 cm³/mol. The highest BCUT2D eigenvalue weighted by Gasteiger charge is 2.75. The van der Waals surface area contributed by atoms with Crippen LogP contribution in [-0.2, 0) is 19.6 Å². The molecule has 0 unspecified atom stereocenters. The van der Waals surface area contributed by atoms with Gasteiger partial charge in [-0.3, -0.25) is 4.55 Å². The van der Waals surface area contributed by atoms with Gasteiger partial charge in [0.2, 0.25) is 0 Å². The van der Waals surface area contributed by atoms with Crippen molar-refractivity contribution in [3.63, 3.8) is 0 Å². The summed E-state index contributed by atoms with van der Waals surface area (Å²) < 4.78 is 244. The molecule has 1 aliphatic rings. The highest BCUT2D eigenvalue weighted by molar-refractivity contribution is 7.86. The lowest BCUT2D eigenvalue weighted by Crippen LogP contribution is -2.58. The summed E-state index contributed by atoms with van der Waals surface area (Å²) in [6, 6.07) is 0. The van der Waals surface area contributed by atoms with Crippen molar-refractivity contribution in [3.05, 3.63) is 0 Å². The van der Waals surface area contributed by atoms with Gasteiger partial charge < -0.3 is 0 Å². The van der Waals surface area contributed by atoms with Crippen LogP contribution in [0.3, 0.4) is 0 Å².